The Morgan fingerprint density at radius 3 is 2.74 bits per heavy atom. The average molecular weight is 259 g/mol. The van der Waals surface area contributed by atoms with Gasteiger partial charge in [-0.1, -0.05) is 38.1 Å². The molecule has 0 saturated heterocycles. The highest BCUT2D eigenvalue weighted by Gasteiger charge is 2.18. The normalized spacial score (nSPS) is 15.6. The molecule has 0 aliphatic carbocycles. The highest BCUT2D eigenvalue weighted by atomic mass is 15.3. The van der Waals surface area contributed by atoms with Crippen molar-refractivity contribution in [1.82, 2.24) is 10.2 Å². The van der Waals surface area contributed by atoms with Crippen molar-refractivity contribution in [3.8, 4) is 0 Å². The first-order valence-electron chi connectivity index (χ1n) is 7.30. The molecule has 1 aromatic carbocycles. The maximum Gasteiger partial charge on any atom is 0.194 e. The van der Waals surface area contributed by atoms with E-state index >= 15 is 0 Å². The Labute approximate surface area is 116 Å². The van der Waals surface area contributed by atoms with Crippen LogP contribution >= 0.6 is 0 Å². The maximum atomic E-state index is 4.74. The summed E-state index contributed by atoms with van der Waals surface area (Å²) in [4.78, 5) is 7.11. The van der Waals surface area contributed by atoms with Gasteiger partial charge in [0.2, 0.25) is 0 Å². The molecule has 0 amide bonds. The number of guanidine groups is 1. The van der Waals surface area contributed by atoms with Crippen LogP contribution in [0, 0.1) is 5.92 Å². The Bertz CT molecular complexity index is 437. The van der Waals surface area contributed by atoms with E-state index in [0.717, 1.165) is 38.6 Å². The van der Waals surface area contributed by atoms with E-state index in [1.165, 1.54) is 11.1 Å². The lowest BCUT2D eigenvalue weighted by molar-refractivity contribution is 0.377. The minimum atomic E-state index is 0.603. The third-order valence-corrected chi connectivity index (χ3v) is 3.37. The highest BCUT2D eigenvalue weighted by molar-refractivity contribution is 5.80. The van der Waals surface area contributed by atoms with Gasteiger partial charge in [0.25, 0.3) is 0 Å². The fourth-order valence-electron chi connectivity index (χ4n) is 2.37. The van der Waals surface area contributed by atoms with Crippen molar-refractivity contribution in [3.05, 3.63) is 35.4 Å². The lowest BCUT2D eigenvalue weighted by atomic mass is 10.0. The monoisotopic (exact) mass is 259 g/mol. The summed E-state index contributed by atoms with van der Waals surface area (Å²) in [6, 6.07) is 8.73. The van der Waals surface area contributed by atoms with Crippen molar-refractivity contribution in [2.75, 3.05) is 19.6 Å². The Morgan fingerprint density at radius 1 is 1.32 bits per heavy atom. The second-order valence-electron chi connectivity index (χ2n) is 5.53. The lowest BCUT2D eigenvalue weighted by Crippen LogP contribution is -2.44. The predicted octanol–water partition coefficient (Wildman–Crippen LogP) is 2.67. The summed E-state index contributed by atoms with van der Waals surface area (Å²) in [6.45, 7) is 10.4. The molecule has 0 bridgehead atoms. The molecule has 0 atom stereocenters. The zero-order valence-corrected chi connectivity index (χ0v) is 12.3. The molecule has 2 rings (SSSR count). The lowest BCUT2D eigenvalue weighted by Gasteiger charge is -2.31. The Hall–Kier alpha value is -1.51. The van der Waals surface area contributed by atoms with Crippen LogP contribution in [0.5, 0.6) is 0 Å². The molecule has 0 radical (unpaired) electrons. The van der Waals surface area contributed by atoms with Gasteiger partial charge in [0.1, 0.15) is 0 Å². The fraction of sp³-hybridized carbons (Fsp3) is 0.562. The van der Waals surface area contributed by atoms with Gasteiger partial charge in [0.05, 0.1) is 0 Å². The first-order chi connectivity index (χ1) is 9.20. The van der Waals surface area contributed by atoms with Crippen molar-refractivity contribution in [3.63, 3.8) is 0 Å². The molecule has 0 spiro atoms. The molecule has 1 N–H and O–H groups in total. The van der Waals surface area contributed by atoms with Crippen LogP contribution in [0.15, 0.2) is 29.3 Å². The number of nitrogens with zero attached hydrogens (tertiary/aromatic N) is 2. The minimum absolute atomic E-state index is 0.603. The van der Waals surface area contributed by atoms with Gasteiger partial charge in [-0.05, 0) is 30.4 Å². The van der Waals surface area contributed by atoms with E-state index in [2.05, 4.69) is 55.3 Å². The van der Waals surface area contributed by atoms with E-state index in [-0.39, 0.29) is 0 Å². The van der Waals surface area contributed by atoms with Crippen molar-refractivity contribution in [2.45, 2.75) is 33.7 Å². The van der Waals surface area contributed by atoms with Crippen LogP contribution in [0.25, 0.3) is 0 Å². The summed E-state index contributed by atoms with van der Waals surface area (Å²) in [5.41, 5.74) is 2.92. The van der Waals surface area contributed by atoms with Gasteiger partial charge >= 0.3 is 0 Å². The predicted molar refractivity (Wildman–Crippen MR) is 81.4 cm³/mol. The van der Waals surface area contributed by atoms with Crippen LogP contribution in [0.3, 0.4) is 0 Å². The average Bonchev–Trinajstić information content (AvgIpc) is 2.42. The highest BCUT2D eigenvalue weighted by Crippen LogP contribution is 2.18. The van der Waals surface area contributed by atoms with Gasteiger partial charge in [-0.3, -0.25) is 4.99 Å². The topological polar surface area (TPSA) is 27.6 Å². The number of rotatable bonds is 3. The first-order valence-corrected chi connectivity index (χ1v) is 7.30. The molecular formula is C16H25N3. The van der Waals surface area contributed by atoms with Gasteiger partial charge in [-0.2, -0.15) is 0 Å². The summed E-state index contributed by atoms with van der Waals surface area (Å²) in [5, 5.41) is 3.41. The zero-order valence-electron chi connectivity index (χ0n) is 12.3. The summed E-state index contributed by atoms with van der Waals surface area (Å²) in [7, 11) is 0. The molecule has 0 aromatic heterocycles. The number of hydrogen-bond donors (Lipinski definition) is 1. The third-order valence-electron chi connectivity index (χ3n) is 3.37. The molecule has 3 nitrogen and oxygen atoms in total. The largest absolute Gasteiger partial charge is 0.357 e. The van der Waals surface area contributed by atoms with Crippen LogP contribution in [0.4, 0.5) is 0 Å². The molecule has 19 heavy (non-hydrogen) atoms. The zero-order chi connectivity index (χ0) is 13.7. The molecule has 1 heterocycles. The van der Waals surface area contributed by atoms with Crippen LogP contribution in [-0.4, -0.2) is 30.5 Å². The number of nitrogens with one attached hydrogen (secondary N) is 1. The molecule has 3 heteroatoms. The molecule has 1 aliphatic rings. The van der Waals surface area contributed by atoms with E-state index < -0.39 is 0 Å². The first kappa shape index (κ1) is 13.9. The smallest absolute Gasteiger partial charge is 0.194 e. The van der Waals surface area contributed by atoms with Gasteiger partial charge < -0.3 is 10.2 Å². The molecule has 0 saturated carbocycles. The van der Waals surface area contributed by atoms with Crippen LogP contribution < -0.4 is 5.32 Å². The minimum Gasteiger partial charge on any atom is -0.357 e. The maximum absolute atomic E-state index is 4.74. The second kappa shape index (κ2) is 6.60. The number of benzene rings is 1. The van der Waals surface area contributed by atoms with Gasteiger partial charge in [-0.15, -0.1) is 0 Å². The van der Waals surface area contributed by atoms with E-state index in [0.29, 0.717) is 5.92 Å². The summed E-state index contributed by atoms with van der Waals surface area (Å²) >= 11 is 0. The summed E-state index contributed by atoms with van der Waals surface area (Å²) in [6.07, 6.45) is 1.11. The molecular weight excluding hydrogens is 234 g/mol. The van der Waals surface area contributed by atoms with E-state index in [1.807, 2.05) is 0 Å². The summed E-state index contributed by atoms with van der Waals surface area (Å²) < 4.78 is 0. The number of fused-ring (bicyclic) bond motifs is 1. The molecule has 104 valence electrons. The van der Waals surface area contributed by atoms with Crippen molar-refractivity contribution in [2.24, 2.45) is 10.9 Å². The molecule has 1 aromatic rings. The number of aliphatic imine (C=N–C) groups is 1. The molecule has 0 unspecified atom stereocenters. The van der Waals surface area contributed by atoms with Crippen molar-refractivity contribution < 1.29 is 0 Å². The molecule has 1 aliphatic heterocycles. The quantitative estimate of drug-likeness (QED) is 0.667. The van der Waals surface area contributed by atoms with Crippen LogP contribution in [0.1, 0.15) is 31.9 Å². The standard InChI is InChI=1S/C16H25N3/c1-4-17-16(18-11-13(2)3)19-10-9-14-7-5-6-8-15(14)12-19/h5-8,13H,4,9-12H2,1-3H3,(H,17,18). The van der Waals surface area contributed by atoms with Gasteiger partial charge in [0.15, 0.2) is 5.96 Å². The van der Waals surface area contributed by atoms with E-state index in [1.54, 1.807) is 0 Å². The summed E-state index contributed by atoms with van der Waals surface area (Å²) in [5.74, 6) is 1.66. The SMILES string of the molecule is CCNC(=NCC(C)C)N1CCc2ccccc2C1. The Kier molecular flexibility index (Phi) is 4.83. The van der Waals surface area contributed by atoms with Gasteiger partial charge in [-0.25, -0.2) is 0 Å². The van der Waals surface area contributed by atoms with Crippen molar-refractivity contribution >= 4 is 5.96 Å². The van der Waals surface area contributed by atoms with Gasteiger partial charge in [0, 0.05) is 26.2 Å². The van der Waals surface area contributed by atoms with Crippen molar-refractivity contribution in [1.29, 1.82) is 0 Å². The van der Waals surface area contributed by atoms with Crippen LogP contribution in [0.2, 0.25) is 0 Å². The second-order valence-corrected chi connectivity index (χ2v) is 5.53. The number of hydrogen-bond acceptors (Lipinski definition) is 1. The fourth-order valence-corrected chi connectivity index (χ4v) is 2.37. The Morgan fingerprint density at radius 2 is 2.05 bits per heavy atom. The third kappa shape index (κ3) is 3.72. The van der Waals surface area contributed by atoms with E-state index in [4.69, 9.17) is 4.99 Å². The van der Waals surface area contributed by atoms with E-state index in [9.17, 15) is 0 Å². The molecule has 0 fully saturated rings. The van der Waals surface area contributed by atoms with Crippen LogP contribution in [-0.2, 0) is 13.0 Å². The Balaban J connectivity index is 2.10.